The third kappa shape index (κ3) is 3.49. The lowest BCUT2D eigenvalue weighted by molar-refractivity contribution is -0.129. The molecule has 26 heavy (non-hydrogen) atoms. The van der Waals surface area contributed by atoms with E-state index >= 15 is 0 Å². The quantitative estimate of drug-likeness (QED) is 0.451. The zero-order chi connectivity index (χ0) is 18.5. The van der Waals surface area contributed by atoms with Gasteiger partial charge >= 0.3 is 5.97 Å². The van der Waals surface area contributed by atoms with Crippen LogP contribution in [0.1, 0.15) is 11.1 Å². The monoisotopic (exact) mass is 353 g/mol. The van der Waals surface area contributed by atoms with Gasteiger partial charge in [0.05, 0.1) is 12.7 Å². The van der Waals surface area contributed by atoms with E-state index in [1.54, 1.807) is 36.4 Å². The van der Waals surface area contributed by atoms with Gasteiger partial charge in [-0.1, -0.05) is 36.9 Å². The van der Waals surface area contributed by atoms with Crippen LogP contribution in [0.15, 0.2) is 65.8 Å². The normalized spacial score (nSPS) is 14.8. The number of carbonyl (C=O) groups is 1. The maximum Gasteiger partial charge on any atom is 0.363 e. The van der Waals surface area contributed by atoms with E-state index in [-0.39, 0.29) is 23.8 Å². The molecule has 3 rings (SSSR count). The number of cyclic esters (lactones) is 1. The van der Waals surface area contributed by atoms with Gasteiger partial charge in [-0.15, -0.1) is 0 Å². The Bertz CT molecular complexity index is 918. The predicted octanol–water partition coefficient (Wildman–Crippen LogP) is 3.74. The summed E-state index contributed by atoms with van der Waals surface area (Å²) in [5.41, 5.74) is 0.745. The minimum atomic E-state index is -0.666. The van der Waals surface area contributed by atoms with Crippen molar-refractivity contribution in [3.63, 3.8) is 0 Å². The molecule has 6 heteroatoms. The van der Waals surface area contributed by atoms with Crippen molar-refractivity contribution in [3.8, 4) is 11.5 Å². The van der Waals surface area contributed by atoms with Crippen LogP contribution < -0.4 is 9.47 Å². The molecule has 1 aliphatic rings. The van der Waals surface area contributed by atoms with Gasteiger partial charge in [0, 0.05) is 5.56 Å². The lowest BCUT2D eigenvalue weighted by Crippen LogP contribution is -2.07. The molecular formula is C20H16FNO4. The van der Waals surface area contributed by atoms with Crippen LogP contribution in [0.2, 0.25) is 0 Å². The minimum Gasteiger partial charge on any atom is -0.493 e. The molecule has 5 nitrogen and oxygen atoms in total. The molecule has 0 N–H and O–H groups in total. The van der Waals surface area contributed by atoms with Gasteiger partial charge in [-0.3, -0.25) is 0 Å². The number of esters is 1. The molecule has 1 aliphatic heterocycles. The summed E-state index contributed by atoms with van der Waals surface area (Å²) in [4.78, 5) is 16.3. The highest BCUT2D eigenvalue weighted by molar-refractivity contribution is 6.13. The van der Waals surface area contributed by atoms with Gasteiger partial charge in [-0.25, -0.2) is 14.2 Å². The minimum absolute atomic E-state index is 0.0416. The van der Waals surface area contributed by atoms with E-state index in [2.05, 4.69) is 11.6 Å². The van der Waals surface area contributed by atoms with Gasteiger partial charge in [-0.05, 0) is 24.3 Å². The van der Waals surface area contributed by atoms with Crippen LogP contribution in [0.4, 0.5) is 4.39 Å². The Hall–Kier alpha value is -3.41. The lowest BCUT2D eigenvalue weighted by Gasteiger charge is -2.12. The van der Waals surface area contributed by atoms with Crippen molar-refractivity contribution in [1.82, 2.24) is 0 Å². The van der Waals surface area contributed by atoms with Crippen LogP contribution in [0.5, 0.6) is 11.5 Å². The van der Waals surface area contributed by atoms with E-state index in [1.165, 1.54) is 25.3 Å². The van der Waals surface area contributed by atoms with Crippen molar-refractivity contribution in [1.29, 1.82) is 0 Å². The second kappa shape index (κ2) is 7.65. The molecule has 0 saturated heterocycles. The molecule has 0 saturated carbocycles. The van der Waals surface area contributed by atoms with Gasteiger partial charge in [0.2, 0.25) is 5.90 Å². The molecule has 2 aromatic carbocycles. The molecule has 0 aliphatic carbocycles. The van der Waals surface area contributed by atoms with E-state index in [0.29, 0.717) is 17.1 Å². The van der Waals surface area contributed by atoms with Gasteiger partial charge < -0.3 is 14.2 Å². The van der Waals surface area contributed by atoms with Gasteiger partial charge in [0.25, 0.3) is 0 Å². The first-order chi connectivity index (χ1) is 12.6. The average molecular weight is 353 g/mol. The maximum atomic E-state index is 13.9. The second-order valence-electron chi connectivity index (χ2n) is 5.29. The van der Waals surface area contributed by atoms with E-state index < -0.39 is 11.8 Å². The summed E-state index contributed by atoms with van der Waals surface area (Å²) < 4.78 is 29.9. The first kappa shape index (κ1) is 17.4. The molecule has 0 unspecified atom stereocenters. The van der Waals surface area contributed by atoms with Crippen LogP contribution in [0.3, 0.4) is 0 Å². The summed E-state index contributed by atoms with van der Waals surface area (Å²) in [6.45, 7) is 3.88. The molecule has 132 valence electrons. The topological polar surface area (TPSA) is 57.1 Å². The molecule has 2 aromatic rings. The molecule has 0 spiro atoms. The summed E-state index contributed by atoms with van der Waals surface area (Å²) in [7, 11) is 1.52. The summed E-state index contributed by atoms with van der Waals surface area (Å²) >= 11 is 0. The Balaban J connectivity index is 2.01. The predicted molar refractivity (Wildman–Crippen MR) is 95.7 cm³/mol. The van der Waals surface area contributed by atoms with Crippen molar-refractivity contribution < 1.29 is 23.4 Å². The van der Waals surface area contributed by atoms with Crippen LogP contribution in [-0.2, 0) is 9.53 Å². The lowest BCUT2D eigenvalue weighted by atomic mass is 10.1. The number of benzene rings is 2. The number of para-hydroxylation sites is 1. The van der Waals surface area contributed by atoms with E-state index in [9.17, 15) is 9.18 Å². The smallest absolute Gasteiger partial charge is 0.363 e. The van der Waals surface area contributed by atoms with Crippen molar-refractivity contribution in [3.05, 3.63) is 77.8 Å². The summed E-state index contributed by atoms with van der Waals surface area (Å²) in [6, 6.07) is 11.2. The Morgan fingerprint density at radius 1 is 1.23 bits per heavy atom. The highest BCUT2D eigenvalue weighted by atomic mass is 19.1. The first-order valence-electron chi connectivity index (χ1n) is 7.82. The fourth-order valence-electron chi connectivity index (χ4n) is 2.41. The van der Waals surface area contributed by atoms with Crippen LogP contribution in [0, 0.1) is 5.82 Å². The van der Waals surface area contributed by atoms with Crippen molar-refractivity contribution >= 4 is 17.9 Å². The zero-order valence-corrected chi connectivity index (χ0v) is 14.1. The van der Waals surface area contributed by atoms with E-state index in [0.717, 1.165) is 0 Å². The van der Waals surface area contributed by atoms with E-state index in [1.807, 2.05) is 0 Å². The Labute approximate surface area is 150 Å². The summed E-state index contributed by atoms with van der Waals surface area (Å²) in [6.07, 6.45) is 3.11. The highest BCUT2D eigenvalue weighted by Gasteiger charge is 2.26. The first-order valence-corrected chi connectivity index (χ1v) is 7.82. The number of rotatable bonds is 6. The SMILES string of the molecule is C=CCOc1c(C=C2N=C(c3ccccc3F)OC2=O)cccc1OC. The molecule has 0 amide bonds. The number of methoxy groups -OCH3 is 1. The number of carbonyl (C=O) groups excluding carboxylic acids is 1. The standard InChI is InChI=1S/C20H16FNO4/c1-3-11-25-18-13(7-6-10-17(18)24-2)12-16-20(23)26-19(22-16)14-8-4-5-9-15(14)21/h3-10,12H,1,11H2,2H3. The Kier molecular flexibility index (Phi) is 5.12. The number of nitrogens with zero attached hydrogens (tertiary/aromatic N) is 1. The van der Waals surface area contributed by atoms with Crippen molar-refractivity contribution in [2.24, 2.45) is 4.99 Å². The van der Waals surface area contributed by atoms with Crippen molar-refractivity contribution in [2.45, 2.75) is 0 Å². The number of ether oxygens (including phenoxy) is 3. The Morgan fingerprint density at radius 3 is 2.77 bits per heavy atom. The number of aliphatic imine (C=N–C) groups is 1. The molecule has 0 fully saturated rings. The third-order valence-corrected chi connectivity index (χ3v) is 3.59. The number of hydrogen-bond acceptors (Lipinski definition) is 5. The summed E-state index contributed by atoms with van der Waals surface area (Å²) in [5.74, 6) is -0.302. The zero-order valence-electron chi connectivity index (χ0n) is 14.1. The van der Waals surface area contributed by atoms with E-state index in [4.69, 9.17) is 14.2 Å². The number of hydrogen-bond donors (Lipinski definition) is 0. The number of halogens is 1. The molecule has 0 atom stereocenters. The van der Waals surface area contributed by atoms with Gasteiger partial charge in [-0.2, -0.15) is 0 Å². The molecule has 0 bridgehead atoms. The fourth-order valence-corrected chi connectivity index (χ4v) is 2.41. The second-order valence-corrected chi connectivity index (χ2v) is 5.29. The van der Waals surface area contributed by atoms with Crippen LogP contribution in [-0.4, -0.2) is 25.6 Å². The van der Waals surface area contributed by atoms with Crippen molar-refractivity contribution in [2.75, 3.05) is 13.7 Å². The maximum absolute atomic E-state index is 13.9. The molecule has 0 radical (unpaired) electrons. The fraction of sp³-hybridized carbons (Fsp3) is 0.100. The Morgan fingerprint density at radius 2 is 2.04 bits per heavy atom. The average Bonchev–Trinajstić information content (AvgIpc) is 3.01. The highest BCUT2D eigenvalue weighted by Crippen LogP contribution is 2.33. The molecular weight excluding hydrogens is 337 g/mol. The van der Waals surface area contributed by atoms with Crippen LogP contribution in [0.25, 0.3) is 6.08 Å². The third-order valence-electron chi connectivity index (χ3n) is 3.59. The largest absolute Gasteiger partial charge is 0.493 e. The van der Waals surface area contributed by atoms with Gasteiger partial charge in [0.1, 0.15) is 12.4 Å². The molecule has 1 heterocycles. The summed E-state index contributed by atoms with van der Waals surface area (Å²) in [5, 5.41) is 0. The van der Waals surface area contributed by atoms with Crippen LogP contribution >= 0.6 is 0 Å². The van der Waals surface area contributed by atoms with Gasteiger partial charge in [0.15, 0.2) is 17.2 Å². The molecule has 0 aromatic heterocycles.